The van der Waals surface area contributed by atoms with Gasteiger partial charge in [0.1, 0.15) is 16.7 Å². The number of pyridine rings is 1. The summed E-state index contributed by atoms with van der Waals surface area (Å²) in [4.78, 5) is 4.11. The Balaban J connectivity index is 1.54. The highest BCUT2D eigenvalue weighted by Gasteiger charge is 2.30. The first-order chi connectivity index (χ1) is 11.3. The van der Waals surface area contributed by atoms with E-state index in [1.807, 2.05) is 18.2 Å². The molecule has 3 heterocycles. The molecular formula is C16H15ClN4OS. The molecule has 0 N–H and O–H groups in total. The van der Waals surface area contributed by atoms with Crippen LogP contribution in [0, 0.1) is 0 Å². The average Bonchev–Trinajstić information content (AvgIpc) is 3.13. The van der Waals surface area contributed by atoms with E-state index in [1.54, 1.807) is 30.3 Å². The molecule has 1 aliphatic rings. The highest BCUT2D eigenvalue weighted by Crippen LogP contribution is 2.40. The van der Waals surface area contributed by atoms with Crippen LogP contribution in [0.25, 0.3) is 0 Å². The van der Waals surface area contributed by atoms with Gasteiger partial charge in [-0.15, -0.1) is 10.2 Å². The summed E-state index contributed by atoms with van der Waals surface area (Å²) >= 11 is 7.48. The topological polar surface area (TPSA) is 56.7 Å². The zero-order valence-corrected chi connectivity index (χ0v) is 13.9. The predicted octanol–water partition coefficient (Wildman–Crippen LogP) is 4.14. The van der Waals surface area contributed by atoms with Crippen molar-refractivity contribution in [3.63, 3.8) is 0 Å². The summed E-state index contributed by atoms with van der Waals surface area (Å²) in [5.41, 5.74) is 1.11. The lowest BCUT2D eigenvalue weighted by Crippen LogP contribution is -2.05. The molecule has 0 bridgehead atoms. The van der Waals surface area contributed by atoms with Crippen molar-refractivity contribution in [3.05, 3.63) is 59.0 Å². The summed E-state index contributed by atoms with van der Waals surface area (Å²) in [6.45, 7) is 0.674. The van der Waals surface area contributed by atoms with Crippen LogP contribution in [0.15, 0.2) is 46.3 Å². The number of nitrogens with zero attached hydrogens (tertiary/aromatic N) is 4. The van der Waals surface area contributed by atoms with E-state index < -0.39 is 0 Å². The monoisotopic (exact) mass is 346 g/mol. The smallest absolute Gasteiger partial charge is 0.191 e. The summed E-state index contributed by atoms with van der Waals surface area (Å²) in [7, 11) is 0. The van der Waals surface area contributed by atoms with Gasteiger partial charge in [0.2, 0.25) is 0 Å². The first-order valence-corrected chi connectivity index (χ1v) is 8.84. The van der Waals surface area contributed by atoms with Crippen molar-refractivity contribution >= 4 is 23.4 Å². The molecule has 0 spiro atoms. The fourth-order valence-corrected chi connectivity index (χ4v) is 3.39. The van der Waals surface area contributed by atoms with Gasteiger partial charge in [0.15, 0.2) is 5.16 Å². The second-order valence-corrected chi connectivity index (χ2v) is 6.89. The Hall–Kier alpha value is -1.79. The molecule has 0 saturated heterocycles. The van der Waals surface area contributed by atoms with Gasteiger partial charge < -0.3 is 4.42 Å². The Labute approximate surface area is 143 Å². The predicted molar refractivity (Wildman–Crippen MR) is 88.6 cm³/mol. The molecule has 3 aromatic heterocycles. The van der Waals surface area contributed by atoms with E-state index in [2.05, 4.69) is 19.7 Å². The van der Waals surface area contributed by atoms with Crippen LogP contribution in [0.2, 0.25) is 5.15 Å². The molecule has 1 fully saturated rings. The lowest BCUT2D eigenvalue weighted by molar-refractivity contribution is 0.478. The van der Waals surface area contributed by atoms with Crippen molar-refractivity contribution in [2.24, 2.45) is 0 Å². The number of hydrogen-bond acceptors (Lipinski definition) is 5. The molecule has 1 saturated carbocycles. The minimum Gasteiger partial charge on any atom is -0.467 e. The van der Waals surface area contributed by atoms with Gasteiger partial charge in [0.25, 0.3) is 0 Å². The van der Waals surface area contributed by atoms with Gasteiger partial charge >= 0.3 is 0 Å². The molecule has 0 amide bonds. The molecule has 118 valence electrons. The maximum absolute atomic E-state index is 5.82. The van der Waals surface area contributed by atoms with E-state index in [0.29, 0.717) is 17.6 Å². The third-order valence-corrected chi connectivity index (χ3v) is 5.00. The van der Waals surface area contributed by atoms with Crippen molar-refractivity contribution in [1.82, 2.24) is 19.7 Å². The molecule has 0 radical (unpaired) electrons. The second-order valence-electron chi connectivity index (χ2n) is 5.56. The van der Waals surface area contributed by atoms with Crippen molar-refractivity contribution in [3.8, 4) is 0 Å². The van der Waals surface area contributed by atoms with Gasteiger partial charge in [-0.3, -0.25) is 4.57 Å². The maximum atomic E-state index is 5.82. The van der Waals surface area contributed by atoms with Crippen molar-refractivity contribution in [2.45, 2.75) is 36.2 Å². The Morgan fingerprint density at radius 3 is 2.87 bits per heavy atom. The highest BCUT2D eigenvalue weighted by atomic mass is 35.5. The van der Waals surface area contributed by atoms with Gasteiger partial charge in [-0.05, 0) is 36.6 Å². The number of halogens is 1. The largest absolute Gasteiger partial charge is 0.467 e. The molecule has 0 unspecified atom stereocenters. The molecule has 3 aromatic rings. The zero-order valence-electron chi connectivity index (χ0n) is 12.4. The number of thioether (sulfide) groups is 1. The molecule has 1 aliphatic carbocycles. The molecule has 5 nitrogen and oxygen atoms in total. The lowest BCUT2D eigenvalue weighted by atomic mass is 10.3. The number of furan rings is 1. The molecule has 0 aliphatic heterocycles. The molecule has 4 rings (SSSR count). The zero-order chi connectivity index (χ0) is 15.6. The highest BCUT2D eigenvalue weighted by molar-refractivity contribution is 7.98. The molecule has 7 heteroatoms. The van der Waals surface area contributed by atoms with Crippen molar-refractivity contribution < 1.29 is 4.42 Å². The van der Waals surface area contributed by atoms with Crippen LogP contribution in [0.5, 0.6) is 0 Å². The summed E-state index contributed by atoms with van der Waals surface area (Å²) < 4.78 is 7.65. The minimum atomic E-state index is 0.510. The molecular weight excluding hydrogens is 332 g/mol. The minimum absolute atomic E-state index is 0.510. The quantitative estimate of drug-likeness (QED) is 0.496. The van der Waals surface area contributed by atoms with Crippen LogP contribution >= 0.6 is 23.4 Å². The third kappa shape index (κ3) is 3.43. The van der Waals surface area contributed by atoms with Gasteiger partial charge in [-0.2, -0.15) is 0 Å². The summed E-state index contributed by atoms with van der Waals surface area (Å²) in [5.74, 6) is 3.31. The maximum Gasteiger partial charge on any atom is 0.191 e. The van der Waals surface area contributed by atoms with E-state index in [4.69, 9.17) is 16.0 Å². The van der Waals surface area contributed by atoms with Crippen LogP contribution < -0.4 is 0 Å². The second kappa shape index (κ2) is 6.37. The average molecular weight is 347 g/mol. The number of aromatic nitrogens is 4. The molecule has 0 atom stereocenters. The van der Waals surface area contributed by atoms with Crippen molar-refractivity contribution in [1.29, 1.82) is 0 Å². The number of hydrogen-bond donors (Lipinski definition) is 0. The molecule has 0 aromatic carbocycles. The lowest BCUT2D eigenvalue weighted by Gasteiger charge is -2.08. The van der Waals surface area contributed by atoms with E-state index in [-0.39, 0.29) is 0 Å². The van der Waals surface area contributed by atoms with Gasteiger partial charge in [0.05, 0.1) is 12.8 Å². The number of rotatable bonds is 6. The van der Waals surface area contributed by atoms with Gasteiger partial charge in [0, 0.05) is 17.9 Å². The van der Waals surface area contributed by atoms with E-state index >= 15 is 0 Å². The van der Waals surface area contributed by atoms with Crippen LogP contribution in [0.1, 0.15) is 35.9 Å². The fourth-order valence-electron chi connectivity index (χ4n) is 2.40. The van der Waals surface area contributed by atoms with Gasteiger partial charge in [-0.25, -0.2) is 4.98 Å². The Morgan fingerprint density at radius 1 is 1.26 bits per heavy atom. The van der Waals surface area contributed by atoms with E-state index in [9.17, 15) is 0 Å². The van der Waals surface area contributed by atoms with Crippen LogP contribution in [-0.4, -0.2) is 19.7 Å². The van der Waals surface area contributed by atoms with Crippen molar-refractivity contribution in [2.75, 3.05) is 0 Å². The Morgan fingerprint density at radius 2 is 2.17 bits per heavy atom. The Bertz CT molecular complexity index is 781. The third-order valence-electron chi connectivity index (χ3n) is 3.74. The first-order valence-electron chi connectivity index (χ1n) is 7.48. The van der Waals surface area contributed by atoms with Crippen LogP contribution in [0.3, 0.4) is 0 Å². The summed E-state index contributed by atoms with van der Waals surface area (Å²) in [6, 6.07) is 7.68. The van der Waals surface area contributed by atoms with E-state index in [1.165, 1.54) is 12.8 Å². The van der Waals surface area contributed by atoms with Crippen LogP contribution in [0.4, 0.5) is 0 Å². The summed E-state index contributed by atoms with van der Waals surface area (Å²) in [5, 5.41) is 10.2. The normalized spacial score (nSPS) is 14.3. The SMILES string of the molecule is Clc1ccc(CSc2nnc(C3CC3)n2Cc2ccco2)cn1. The van der Waals surface area contributed by atoms with Gasteiger partial charge in [-0.1, -0.05) is 29.4 Å². The summed E-state index contributed by atoms with van der Waals surface area (Å²) in [6.07, 6.45) is 5.89. The fraction of sp³-hybridized carbons (Fsp3) is 0.312. The first kappa shape index (κ1) is 14.8. The standard InChI is InChI=1S/C16H15ClN4OS/c17-14-6-3-11(8-18-14)10-23-16-20-19-15(12-4-5-12)21(16)9-13-2-1-7-22-13/h1-3,6-8,12H,4-5,9-10H2. The Kier molecular flexibility index (Phi) is 4.10. The van der Waals surface area contributed by atoms with Crippen LogP contribution in [-0.2, 0) is 12.3 Å². The molecule has 23 heavy (non-hydrogen) atoms. The van der Waals surface area contributed by atoms with E-state index in [0.717, 1.165) is 28.1 Å².